The van der Waals surface area contributed by atoms with E-state index in [9.17, 15) is 8.42 Å². The van der Waals surface area contributed by atoms with Crippen molar-refractivity contribution >= 4 is 10.0 Å². The van der Waals surface area contributed by atoms with Gasteiger partial charge >= 0.3 is 0 Å². The Morgan fingerprint density at radius 1 is 1.39 bits per heavy atom. The van der Waals surface area contributed by atoms with Gasteiger partial charge in [-0.05, 0) is 19.9 Å². The van der Waals surface area contributed by atoms with Crippen molar-refractivity contribution in [3.05, 3.63) is 0 Å². The Balaban J connectivity index is 2.28. The van der Waals surface area contributed by atoms with Crippen LogP contribution in [0.1, 0.15) is 20.3 Å². The van der Waals surface area contributed by atoms with Gasteiger partial charge in [0.15, 0.2) is 0 Å². The van der Waals surface area contributed by atoms with Crippen molar-refractivity contribution < 1.29 is 17.9 Å². The maximum atomic E-state index is 11.9. The van der Waals surface area contributed by atoms with E-state index in [2.05, 4.69) is 10.0 Å². The second kappa shape index (κ2) is 8.06. The van der Waals surface area contributed by atoms with E-state index in [4.69, 9.17) is 9.47 Å². The minimum atomic E-state index is -3.29. The Kier molecular flexibility index (Phi) is 7.10. The van der Waals surface area contributed by atoms with Crippen molar-refractivity contribution in [1.29, 1.82) is 0 Å². The molecule has 18 heavy (non-hydrogen) atoms. The lowest BCUT2D eigenvalue weighted by Crippen LogP contribution is -2.44. The molecule has 0 bridgehead atoms. The van der Waals surface area contributed by atoms with Gasteiger partial charge < -0.3 is 14.8 Å². The maximum absolute atomic E-state index is 11.9. The van der Waals surface area contributed by atoms with Crippen LogP contribution in [0.25, 0.3) is 0 Å². The van der Waals surface area contributed by atoms with Crippen LogP contribution >= 0.6 is 0 Å². The van der Waals surface area contributed by atoms with E-state index in [1.807, 2.05) is 6.92 Å². The number of rotatable bonds is 8. The molecule has 0 saturated carbocycles. The summed E-state index contributed by atoms with van der Waals surface area (Å²) in [6.45, 7) is 6.88. The smallest absolute Gasteiger partial charge is 0.215 e. The first-order valence-corrected chi connectivity index (χ1v) is 7.99. The van der Waals surface area contributed by atoms with E-state index in [0.29, 0.717) is 26.4 Å². The highest BCUT2D eigenvalue weighted by Gasteiger charge is 2.22. The van der Waals surface area contributed by atoms with Gasteiger partial charge in [-0.25, -0.2) is 13.1 Å². The molecule has 0 aliphatic carbocycles. The van der Waals surface area contributed by atoms with Crippen molar-refractivity contribution in [3.63, 3.8) is 0 Å². The summed E-state index contributed by atoms with van der Waals surface area (Å²) in [6, 6.07) is 0. The van der Waals surface area contributed by atoms with Crippen molar-refractivity contribution in [1.82, 2.24) is 10.0 Å². The highest BCUT2D eigenvalue weighted by atomic mass is 32.2. The zero-order valence-corrected chi connectivity index (χ0v) is 12.0. The molecule has 108 valence electrons. The number of nitrogens with one attached hydrogen (secondary N) is 2. The topological polar surface area (TPSA) is 76.7 Å². The van der Waals surface area contributed by atoms with Crippen molar-refractivity contribution in [2.75, 3.05) is 39.5 Å². The molecule has 2 unspecified atom stereocenters. The van der Waals surface area contributed by atoms with Gasteiger partial charge in [0, 0.05) is 13.1 Å². The summed E-state index contributed by atoms with van der Waals surface area (Å²) < 4.78 is 37.0. The van der Waals surface area contributed by atoms with Crippen LogP contribution in [0, 0.1) is 0 Å². The zero-order valence-electron chi connectivity index (χ0n) is 11.1. The van der Waals surface area contributed by atoms with E-state index in [1.165, 1.54) is 0 Å². The van der Waals surface area contributed by atoms with Gasteiger partial charge in [-0.2, -0.15) is 0 Å². The van der Waals surface area contributed by atoms with Gasteiger partial charge in [-0.3, -0.25) is 0 Å². The minimum absolute atomic E-state index is 0.177. The molecule has 1 aliphatic rings. The molecule has 0 radical (unpaired) electrons. The molecular weight excluding hydrogens is 256 g/mol. The van der Waals surface area contributed by atoms with Crippen LogP contribution in [0.2, 0.25) is 0 Å². The van der Waals surface area contributed by atoms with E-state index in [1.54, 1.807) is 6.92 Å². The average molecular weight is 280 g/mol. The summed E-state index contributed by atoms with van der Waals surface area (Å²) in [7, 11) is -3.29. The van der Waals surface area contributed by atoms with Crippen LogP contribution in [0.4, 0.5) is 0 Å². The number of ether oxygens (including phenoxy) is 2. The first kappa shape index (κ1) is 15.8. The van der Waals surface area contributed by atoms with E-state index in [0.717, 1.165) is 13.0 Å². The van der Waals surface area contributed by atoms with Crippen molar-refractivity contribution in [2.45, 2.75) is 31.6 Å². The molecule has 0 amide bonds. The van der Waals surface area contributed by atoms with Crippen molar-refractivity contribution in [3.8, 4) is 0 Å². The lowest BCUT2D eigenvalue weighted by Gasteiger charge is -2.24. The fourth-order valence-electron chi connectivity index (χ4n) is 1.60. The Bertz CT molecular complexity index is 315. The van der Waals surface area contributed by atoms with E-state index in [-0.39, 0.29) is 12.6 Å². The monoisotopic (exact) mass is 280 g/mol. The Morgan fingerprint density at radius 2 is 2.17 bits per heavy atom. The summed E-state index contributed by atoms with van der Waals surface area (Å²) in [5.41, 5.74) is 0. The van der Waals surface area contributed by atoms with E-state index >= 15 is 0 Å². The van der Waals surface area contributed by atoms with Crippen LogP contribution in [-0.2, 0) is 19.5 Å². The zero-order chi connectivity index (χ0) is 13.4. The van der Waals surface area contributed by atoms with Gasteiger partial charge in [0.05, 0.1) is 31.2 Å². The molecule has 0 aromatic heterocycles. The molecule has 0 spiro atoms. The molecular formula is C11H24N2O4S. The third-order valence-electron chi connectivity index (χ3n) is 2.79. The lowest BCUT2D eigenvalue weighted by molar-refractivity contribution is -0.0847. The normalized spacial score (nSPS) is 22.9. The average Bonchev–Trinajstić information content (AvgIpc) is 2.38. The second-order valence-electron chi connectivity index (χ2n) is 4.48. The summed E-state index contributed by atoms with van der Waals surface area (Å²) in [6.07, 6.45) is 0.817. The highest BCUT2D eigenvalue weighted by molar-refractivity contribution is 7.90. The molecule has 6 nitrogen and oxygen atoms in total. The van der Waals surface area contributed by atoms with Crippen LogP contribution in [0.5, 0.6) is 0 Å². The molecule has 2 N–H and O–H groups in total. The molecule has 0 aromatic rings. The van der Waals surface area contributed by atoms with Crippen LogP contribution in [0.15, 0.2) is 0 Å². The number of hydrogen-bond acceptors (Lipinski definition) is 5. The Labute approximate surface area is 109 Å². The first-order valence-electron chi connectivity index (χ1n) is 6.44. The standard InChI is InChI=1S/C11H24N2O4S/c1-3-4-12-7-10(2)18(14,15)13-8-11-9-16-5-6-17-11/h10-13H,3-9H2,1-2H3. The van der Waals surface area contributed by atoms with Crippen LogP contribution in [-0.4, -0.2) is 59.2 Å². The summed E-state index contributed by atoms with van der Waals surface area (Å²) in [4.78, 5) is 0. The van der Waals surface area contributed by atoms with Gasteiger partial charge in [0.2, 0.25) is 10.0 Å². The van der Waals surface area contributed by atoms with Crippen LogP contribution in [0.3, 0.4) is 0 Å². The summed E-state index contributed by atoms with van der Waals surface area (Å²) >= 11 is 0. The molecule has 1 fully saturated rings. The third kappa shape index (κ3) is 5.62. The Hall–Kier alpha value is -0.210. The predicted octanol–water partition coefficient (Wildman–Crippen LogP) is -0.291. The molecule has 0 aromatic carbocycles. The van der Waals surface area contributed by atoms with E-state index < -0.39 is 15.3 Å². The predicted molar refractivity (Wildman–Crippen MR) is 70.1 cm³/mol. The highest BCUT2D eigenvalue weighted by Crippen LogP contribution is 2.02. The van der Waals surface area contributed by atoms with Crippen LogP contribution < -0.4 is 10.0 Å². The number of sulfonamides is 1. The molecule has 1 aliphatic heterocycles. The SMILES string of the molecule is CCCNCC(C)S(=O)(=O)NCC1COCCO1. The van der Waals surface area contributed by atoms with Crippen molar-refractivity contribution in [2.24, 2.45) is 0 Å². The quantitative estimate of drug-likeness (QED) is 0.598. The molecule has 1 saturated heterocycles. The lowest BCUT2D eigenvalue weighted by atomic mass is 10.3. The van der Waals surface area contributed by atoms with Gasteiger partial charge in [-0.15, -0.1) is 0 Å². The maximum Gasteiger partial charge on any atom is 0.215 e. The Morgan fingerprint density at radius 3 is 2.78 bits per heavy atom. The minimum Gasteiger partial charge on any atom is -0.376 e. The van der Waals surface area contributed by atoms with Gasteiger partial charge in [0.25, 0.3) is 0 Å². The second-order valence-corrected chi connectivity index (χ2v) is 6.66. The number of hydrogen-bond donors (Lipinski definition) is 2. The molecule has 1 heterocycles. The largest absolute Gasteiger partial charge is 0.376 e. The summed E-state index contributed by atoms with van der Waals surface area (Å²) in [5.74, 6) is 0. The summed E-state index contributed by atoms with van der Waals surface area (Å²) in [5, 5.41) is 2.65. The molecule has 7 heteroatoms. The third-order valence-corrected chi connectivity index (χ3v) is 4.58. The van der Waals surface area contributed by atoms with Gasteiger partial charge in [-0.1, -0.05) is 6.92 Å². The fourth-order valence-corrected chi connectivity index (χ4v) is 2.64. The van der Waals surface area contributed by atoms with Gasteiger partial charge in [0.1, 0.15) is 0 Å². The fraction of sp³-hybridized carbons (Fsp3) is 1.00. The first-order chi connectivity index (χ1) is 8.56. The molecule has 1 rings (SSSR count). The molecule has 2 atom stereocenters.